The zero-order chi connectivity index (χ0) is 29.1. The second-order valence-electron chi connectivity index (χ2n) is 13.7. The fraction of sp³-hybridized carbons (Fsp3) is 0.750. The summed E-state index contributed by atoms with van der Waals surface area (Å²) in [5, 5.41) is 11.0. The van der Waals surface area contributed by atoms with Crippen LogP contribution in [0.2, 0.25) is 22.2 Å². The first-order valence-corrected chi connectivity index (χ1v) is 18.7. The molecule has 1 fully saturated rings. The van der Waals surface area contributed by atoms with Crippen LogP contribution in [0.3, 0.4) is 0 Å². The maximum absolute atomic E-state index is 11.0. The van der Waals surface area contributed by atoms with Gasteiger partial charge in [0, 0.05) is 0 Å². The minimum Gasteiger partial charge on any atom is -0.414 e. The van der Waals surface area contributed by atoms with Gasteiger partial charge in [-0.3, -0.25) is 0 Å². The standard InChI is InChI=1S/C32H56O4Si2/c1-23(2)37(24(3)4)34-22-30(35-38(36-37,25(5)6)26(7)8)28(10)17-15-20-32(13,33)21-18-29-27(9)16-14-19-31(29,11)12/h17-18,21,23-26,30,33H,14,16,19,22H2,1-13H3/b21-18+,28-17+/t30-,32?/m1/s1. The molecular weight excluding hydrogens is 505 g/mol. The van der Waals surface area contributed by atoms with Crippen molar-refractivity contribution in [3.63, 3.8) is 0 Å². The molecule has 0 aromatic carbocycles. The fourth-order valence-electron chi connectivity index (χ4n) is 6.09. The summed E-state index contributed by atoms with van der Waals surface area (Å²) in [4.78, 5) is 0. The van der Waals surface area contributed by atoms with E-state index in [0.29, 0.717) is 28.8 Å². The molecule has 1 saturated heterocycles. The molecule has 0 saturated carbocycles. The van der Waals surface area contributed by atoms with Crippen LogP contribution in [0.4, 0.5) is 0 Å². The predicted molar refractivity (Wildman–Crippen MR) is 165 cm³/mol. The molecule has 1 N–H and O–H groups in total. The lowest BCUT2D eigenvalue weighted by molar-refractivity contribution is 0.143. The summed E-state index contributed by atoms with van der Waals surface area (Å²) in [6, 6.07) is 0. The van der Waals surface area contributed by atoms with Crippen LogP contribution >= 0.6 is 0 Å². The van der Waals surface area contributed by atoms with Crippen molar-refractivity contribution in [1.29, 1.82) is 0 Å². The molecule has 1 heterocycles. The van der Waals surface area contributed by atoms with Crippen molar-refractivity contribution in [3.8, 4) is 11.8 Å². The Kier molecular flexibility index (Phi) is 11.1. The zero-order valence-corrected chi connectivity index (χ0v) is 28.6. The van der Waals surface area contributed by atoms with Crippen LogP contribution in [-0.4, -0.2) is 40.5 Å². The Morgan fingerprint density at radius 1 is 1.03 bits per heavy atom. The SMILES string of the molecule is CC1=C(/C=C/C(C)(O)C#C/C=C(\C)[C@H]2CO[Si](C(C)C)(C(C)C)O[Si](C(C)C)(C(C)C)O2)C(C)(C)CCC1. The quantitative estimate of drug-likeness (QED) is 0.250. The zero-order valence-electron chi connectivity index (χ0n) is 26.6. The lowest BCUT2D eigenvalue weighted by Gasteiger charge is -2.45. The van der Waals surface area contributed by atoms with Crippen LogP contribution in [0.5, 0.6) is 0 Å². The Bertz CT molecular complexity index is 957. The summed E-state index contributed by atoms with van der Waals surface area (Å²) in [6.45, 7) is 29.0. The minimum atomic E-state index is -2.62. The van der Waals surface area contributed by atoms with Crippen molar-refractivity contribution in [3.05, 3.63) is 34.9 Å². The Labute approximate surface area is 236 Å². The molecule has 216 valence electrons. The molecule has 2 rings (SSSR count). The first-order chi connectivity index (χ1) is 17.4. The van der Waals surface area contributed by atoms with Gasteiger partial charge in [-0.2, -0.15) is 0 Å². The highest BCUT2D eigenvalue weighted by Gasteiger charge is 2.59. The molecule has 2 aliphatic rings. The van der Waals surface area contributed by atoms with Crippen LogP contribution in [0.15, 0.2) is 34.9 Å². The number of rotatable bonds is 7. The highest BCUT2D eigenvalue weighted by atomic mass is 28.5. The van der Waals surface area contributed by atoms with Gasteiger partial charge in [0.25, 0.3) is 0 Å². The lowest BCUT2D eigenvalue weighted by atomic mass is 9.72. The Hall–Kier alpha value is -0.946. The lowest BCUT2D eigenvalue weighted by Crippen LogP contribution is -2.59. The Morgan fingerprint density at radius 2 is 1.58 bits per heavy atom. The van der Waals surface area contributed by atoms with Crippen molar-refractivity contribution in [2.75, 3.05) is 6.61 Å². The number of allylic oxidation sites excluding steroid dienone is 4. The van der Waals surface area contributed by atoms with E-state index in [2.05, 4.69) is 101 Å². The first kappa shape index (κ1) is 33.3. The van der Waals surface area contributed by atoms with Crippen molar-refractivity contribution < 1.29 is 18.1 Å². The van der Waals surface area contributed by atoms with Crippen LogP contribution < -0.4 is 0 Å². The van der Waals surface area contributed by atoms with E-state index in [-0.39, 0.29) is 11.5 Å². The van der Waals surface area contributed by atoms with E-state index in [1.165, 1.54) is 24.0 Å². The molecule has 1 aliphatic carbocycles. The molecular formula is C32H56O4Si2. The van der Waals surface area contributed by atoms with Crippen LogP contribution in [-0.2, 0) is 13.0 Å². The summed E-state index contributed by atoms with van der Waals surface area (Å²) < 4.78 is 21.0. The fourth-order valence-corrected chi connectivity index (χ4v) is 17.3. The van der Waals surface area contributed by atoms with E-state index >= 15 is 0 Å². The van der Waals surface area contributed by atoms with E-state index in [9.17, 15) is 5.11 Å². The van der Waals surface area contributed by atoms with Crippen LogP contribution in [0.25, 0.3) is 0 Å². The second-order valence-corrected chi connectivity index (χ2v) is 22.5. The molecule has 2 atom stereocenters. The number of hydrogen-bond acceptors (Lipinski definition) is 4. The van der Waals surface area contributed by atoms with E-state index in [4.69, 9.17) is 13.0 Å². The molecule has 0 aromatic rings. The van der Waals surface area contributed by atoms with E-state index < -0.39 is 22.7 Å². The number of aliphatic hydroxyl groups is 1. The monoisotopic (exact) mass is 560 g/mol. The highest BCUT2D eigenvalue weighted by Crippen LogP contribution is 2.47. The molecule has 4 nitrogen and oxygen atoms in total. The van der Waals surface area contributed by atoms with Crippen molar-refractivity contribution in [2.24, 2.45) is 5.41 Å². The Balaban J connectivity index is 2.36. The molecule has 0 aromatic heterocycles. The van der Waals surface area contributed by atoms with E-state index in [1.807, 2.05) is 12.2 Å². The molecule has 1 aliphatic heterocycles. The van der Waals surface area contributed by atoms with Gasteiger partial charge in [-0.1, -0.05) is 92.7 Å². The van der Waals surface area contributed by atoms with Gasteiger partial charge in [0.05, 0.1) is 12.7 Å². The topological polar surface area (TPSA) is 47.9 Å². The third-order valence-electron chi connectivity index (χ3n) is 8.57. The van der Waals surface area contributed by atoms with Gasteiger partial charge in [-0.05, 0) is 90.9 Å². The third-order valence-corrected chi connectivity index (χ3v) is 18.8. The average Bonchev–Trinajstić information content (AvgIpc) is 2.98. The molecule has 6 heteroatoms. The largest absolute Gasteiger partial charge is 0.414 e. The molecule has 38 heavy (non-hydrogen) atoms. The smallest absolute Gasteiger partial charge is 0.335 e. The summed E-state index contributed by atoms with van der Waals surface area (Å²) in [5.74, 6) is 6.19. The first-order valence-electron chi connectivity index (χ1n) is 14.7. The van der Waals surface area contributed by atoms with Crippen molar-refractivity contribution in [2.45, 2.75) is 143 Å². The van der Waals surface area contributed by atoms with Crippen molar-refractivity contribution >= 4 is 17.1 Å². The molecule has 0 spiro atoms. The summed E-state index contributed by atoms with van der Waals surface area (Å²) >= 11 is 0. The van der Waals surface area contributed by atoms with Crippen molar-refractivity contribution in [1.82, 2.24) is 0 Å². The molecule has 0 amide bonds. The van der Waals surface area contributed by atoms with Gasteiger partial charge in [-0.15, -0.1) is 0 Å². The maximum atomic E-state index is 11.0. The maximum Gasteiger partial charge on any atom is 0.335 e. The van der Waals surface area contributed by atoms with E-state index in [0.717, 1.165) is 12.0 Å². The summed E-state index contributed by atoms with van der Waals surface area (Å²) in [5.41, 5.74) is 3.91. The Morgan fingerprint density at radius 3 is 2.08 bits per heavy atom. The number of hydrogen-bond donors (Lipinski definition) is 1. The van der Waals surface area contributed by atoms with E-state index in [1.54, 1.807) is 6.92 Å². The van der Waals surface area contributed by atoms with Crippen LogP contribution in [0.1, 0.15) is 109 Å². The molecule has 0 radical (unpaired) electrons. The summed E-state index contributed by atoms with van der Waals surface area (Å²) in [6.07, 6.45) is 9.14. The predicted octanol–water partition coefficient (Wildman–Crippen LogP) is 8.73. The second kappa shape index (κ2) is 12.7. The third kappa shape index (κ3) is 7.41. The van der Waals surface area contributed by atoms with Gasteiger partial charge in [0.2, 0.25) is 0 Å². The van der Waals surface area contributed by atoms with Crippen LogP contribution in [0, 0.1) is 17.3 Å². The highest BCUT2D eigenvalue weighted by molar-refractivity contribution is 6.84. The summed E-state index contributed by atoms with van der Waals surface area (Å²) in [7, 11) is -5.14. The van der Waals surface area contributed by atoms with Gasteiger partial charge < -0.3 is 18.1 Å². The van der Waals surface area contributed by atoms with Gasteiger partial charge in [-0.25, -0.2) is 0 Å². The normalized spacial score (nSPS) is 25.6. The average molecular weight is 561 g/mol. The molecule has 1 unspecified atom stereocenters. The van der Waals surface area contributed by atoms with Gasteiger partial charge in [0.15, 0.2) is 0 Å². The minimum absolute atomic E-state index is 0.130. The van der Waals surface area contributed by atoms with Gasteiger partial charge >= 0.3 is 17.1 Å². The van der Waals surface area contributed by atoms with Gasteiger partial charge in [0.1, 0.15) is 5.60 Å². The molecule has 0 bridgehead atoms.